The highest BCUT2D eigenvalue weighted by Crippen LogP contribution is 2.20. The van der Waals surface area contributed by atoms with Gasteiger partial charge >= 0.3 is 0 Å². The summed E-state index contributed by atoms with van der Waals surface area (Å²) in [5.41, 5.74) is -0.889. The topological polar surface area (TPSA) is 132 Å². The number of benzene rings is 1. The Bertz CT molecular complexity index is 786. The van der Waals surface area contributed by atoms with Crippen molar-refractivity contribution in [3.8, 4) is 0 Å². The zero-order valence-corrected chi connectivity index (χ0v) is 13.2. The van der Waals surface area contributed by atoms with Crippen molar-refractivity contribution in [2.24, 2.45) is 0 Å². The summed E-state index contributed by atoms with van der Waals surface area (Å²) in [6, 6.07) is 2.60. The molecule has 21 heavy (non-hydrogen) atoms. The van der Waals surface area contributed by atoms with Crippen LogP contribution in [-0.4, -0.2) is 47.6 Å². The van der Waals surface area contributed by atoms with Gasteiger partial charge in [-0.05, 0) is 22.9 Å². The number of nitrogens with zero attached hydrogens (tertiary/aromatic N) is 1. The lowest BCUT2D eigenvalue weighted by atomic mass is 10.1. The SMILES string of the molecule is CC(C)(C)/[N+](O)=C/c1ccc(S(=O)(=O)O)cc1S(=O)(=O)O. The second kappa shape index (κ2) is 5.37. The summed E-state index contributed by atoms with van der Waals surface area (Å²) >= 11 is 0. The van der Waals surface area contributed by atoms with Gasteiger partial charge in [-0.2, -0.15) is 16.8 Å². The van der Waals surface area contributed by atoms with E-state index in [-0.39, 0.29) is 5.56 Å². The lowest BCUT2D eigenvalue weighted by molar-refractivity contribution is -0.816. The van der Waals surface area contributed by atoms with Gasteiger partial charge in [0.2, 0.25) is 11.8 Å². The lowest BCUT2D eigenvalue weighted by Gasteiger charge is -2.10. The van der Waals surface area contributed by atoms with Gasteiger partial charge in [0.05, 0.1) is 10.5 Å². The fourth-order valence-electron chi connectivity index (χ4n) is 1.33. The van der Waals surface area contributed by atoms with Gasteiger partial charge in [-0.3, -0.25) is 14.3 Å². The molecule has 0 heterocycles. The maximum absolute atomic E-state index is 11.3. The van der Waals surface area contributed by atoms with Crippen LogP contribution >= 0.6 is 0 Å². The van der Waals surface area contributed by atoms with E-state index in [0.717, 1.165) is 18.3 Å². The third-order valence-electron chi connectivity index (χ3n) is 2.51. The van der Waals surface area contributed by atoms with Crippen molar-refractivity contribution in [1.82, 2.24) is 0 Å². The summed E-state index contributed by atoms with van der Waals surface area (Å²) in [6.45, 7) is 4.93. The number of hydrogen-bond donors (Lipinski definition) is 3. The van der Waals surface area contributed by atoms with Crippen molar-refractivity contribution in [2.45, 2.75) is 36.1 Å². The van der Waals surface area contributed by atoms with Gasteiger partial charge in [0, 0.05) is 20.8 Å². The van der Waals surface area contributed by atoms with Crippen molar-refractivity contribution < 1.29 is 35.9 Å². The summed E-state index contributed by atoms with van der Waals surface area (Å²) in [5.74, 6) is 0. The van der Waals surface area contributed by atoms with Gasteiger partial charge < -0.3 is 0 Å². The van der Waals surface area contributed by atoms with E-state index >= 15 is 0 Å². The van der Waals surface area contributed by atoms with Gasteiger partial charge in [-0.1, -0.05) is 0 Å². The molecule has 10 heteroatoms. The molecule has 8 nitrogen and oxygen atoms in total. The Morgan fingerprint density at radius 1 is 1.05 bits per heavy atom. The van der Waals surface area contributed by atoms with Crippen LogP contribution in [0.3, 0.4) is 0 Å². The molecule has 0 spiro atoms. The molecule has 3 N–H and O–H groups in total. The minimum Gasteiger partial charge on any atom is -0.290 e. The normalized spacial score (nSPS) is 14.2. The van der Waals surface area contributed by atoms with Gasteiger partial charge in [0.1, 0.15) is 4.90 Å². The van der Waals surface area contributed by atoms with Crippen molar-refractivity contribution >= 4 is 26.5 Å². The Morgan fingerprint density at radius 3 is 1.95 bits per heavy atom. The molecule has 0 saturated heterocycles. The molecule has 0 aromatic heterocycles. The third kappa shape index (κ3) is 4.49. The van der Waals surface area contributed by atoms with Crippen molar-refractivity contribution in [3.63, 3.8) is 0 Å². The maximum Gasteiger partial charge on any atom is 0.295 e. The highest BCUT2D eigenvalue weighted by molar-refractivity contribution is 7.86. The molecule has 0 radical (unpaired) electrons. The molecule has 0 unspecified atom stereocenters. The fraction of sp³-hybridized carbons (Fsp3) is 0.364. The van der Waals surface area contributed by atoms with Crippen LogP contribution in [0.2, 0.25) is 0 Å². The Balaban J connectivity index is 3.63. The Morgan fingerprint density at radius 2 is 1.57 bits per heavy atom. The summed E-state index contributed by atoms with van der Waals surface area (Å²) in [4.78, 5) is -1.44. The molecule has 0 fully saturated rings. The highest BCUT2D eigenvalue weighted by atomic mass is 32.2. The first-order valence-electron chi connectivity index (χ1n) is 5.65. The van der Waals surface area contributed by atoms with Crippen molar-refractivity contribution in [1.29, 1.82) is 0 Å². The van der Waals surface area contributed by atoms with Crippen LogP contribution in [0.4, 0.5) is 0 Å². The first-order chi connectivity index (χ1) is 9.23. The Kier molecular flexibility index (Phi) is 4.49. The van der Waals surface area contributed by atoms with Crippen LogP contribution in [0.5, 0.6) is 0 Å². The molecule has 0 amide bonds. The molecule has 118 valence electrons. The molecule has 0 atom stereocenters. The smallest absolute Gasteiger partial charge is 0.290 e. The molecule has 0 aliphatic rings. The zero-order chi connectivity index (χ0) is 16.6. The van der Waals surface area contributed by atoms with E-state index in [2.05, 4.69) is 0 Å². The van der Waals surface area contributed by atoms with Gasteiger partial charge in [0.15, 0.2) is 0 Å². The average Bonchev–Trinajstić information content (AvgIpc) is 2.25. The first-order valence-corrected chi connectivity index (χ1v) is 8.53. The quantitative estimate of drug-likeness (QED) is 0.244. The van der Waals surface area contributed by atoms with Crippen LogP contribution in [0.1, 0.15) is 26.3 Å². The van der Waals surface area contributed by atoms with E-state index in [0.29, 0.717) is 10.8 Å². The first kappa shape index (κ1) is 17.6. The molecule has 0 bridgehead atoms. The largest absolute Gasteiger partial charge is 0.295 e. The lowest BCUT2D eigenvalue weighted by Crippen LogP contribution is -2.31. The molecule has 1 rings (SSSR count). The standard InChI is InChI=1S/C11H15NO7S2/c1-11(2,3)12(13)7-8-4-5-9(20(14,15)16)6-10(8)21(17,18)19/h4-7H,1-3H3,(H2-,13,14,15,16,17,18,19)/p+1/b12-7-. The predicted octanol–water partition coefficient (Wildman–Crippen LogP) is 0.799. The van der Waals surface area contributed by atoms with E-state index in [1.54, 1.807) is 20.8 Å². The van der Waals surface area contributed by atoms with Gasteiger partial charge in [-0.15, -0.1) is 0 Å². The Labute approximate surface area is 122 Å². The molecular formula is C11H16NO7S2+. The van der Waals surface area contributed by atoms with Crippen LogP contribution < -0.4 is 0 Å². The molecule has 1 aromatic rings. The average molecular weight is 338 g/mol. The summed E-state index contributed by atoms with van der Waals surface area (Å²) < 4.78 is 63.4. The van der Waals surface area contributed by atoms with Gasteiger partial charge in [0.25, 0.3) is 20.2 Å². The minimum absolute atomic E-state index is 0.137. The monoisotopic (exact) mass is 338 g/mol. The fourth-order valence-corrected chi connectivity index (χ4v) is 2.61. The zero-order valence-electron chi connectivity index (χ0n) is 11.5. The van der Waals surface area contributed by atoms with Crippen molar-refractivity contribution in [3.05, 3.63) is 23.8 Å². The molecular weight excluding hydrogens is 322 g/mol. The summed E-state index contributed by atoms with van der Waals surface area (Å²) in [7, 11) is -9.38. The second-order valence-electron chi connectivity index (χ2n) is 5.29. The second-order valence-corrected chi connectivity index (χ2v) is 8.11. The van der Waals surface area contributed by atoms with E-state index in [1.807, 2.05) is 0 Å². The van der Waals surface area contributed by atoms with Crippen LogP contribution in [0, 0.1) is 0 Å². The number of rotatable bonds is 3. The summed E-state index contributed by atoms with van der Waals surface area (Å²) in [5, 5.41) is 9.79. The number of hydrogen-bond acceptors (Lipinski definition) is 5. The van der Waals surface area contributed by atoms with Crippen LogP contribution in [0.25, 0.3) is 0 Å². The number of hydroxylamine groups is 1. The highest BCUT2D eigenvalue weighted by Gasteiger charge is 2.27. The Hall–Kier alpha value is -1.49. The van der Waals surface area contributed by atoms with E-state index in [4.69, 9.17) is 9.11 Å². The van der Waals surface area contributed by atoms with E-state index in [9.17, 15) is 22.0 Å². The predicted molar refractivity (Wildman–Crippen MR) is 73.0 cm³/mol. The van der Waals surface area contributed by atoms with E-state index < -0.39 is 35.6 Å². The molecule has 0 aliphatic carbocycles. The van der Waals surface area contributed by atoms with Gasteiger partial charge in [-0.25, -0.2) is 0 Å². The van der Waals surface area contributed by atoms with E-state index in [1.165, 1.54) is 0 Å². The minimum atomic E-state index is -4.75. The molecule has 0 saturated carbocycles. The van der Waals surface area contributed by atoms with Crippen molar-refractivity contribution in [2.75, 3.05) is 0 Å². The van der Waals surface area contributed by atoms with Crippen LogP contribution in [0.15, 0.2) is 28.0 Å². The van der Waals surface area contributed by atoms with Crippen LogP contribution in [-0.2, 0) is 20.2 Å². The summed E-state index contributed by atoms with van der Waals surface area (Å²) in [6.07, 6.45) is 1.02. The third-order valence-corrected chi connectivity index (χ3v) is 4.27. The molecule has 0 aliphatic heterocycles. The molecule has 1 aromatic carbocycles. The maximum atomic E-state index is 11.3.